The molecule has 0 unspecified atom stereocenters. The molecule has 5 nitrogen and oxygen atoms in total. The molecule has 0 radical (unpaired) electrons. The van der Waals surface area contributed by atoms with Gasteiger partial charge in [-0.1, -0.05) is 30.3 Å². The van der Waals surface area contributed by atoms with E-state index >= 15 is 0 Å². The Morgan fingerprint density at radius 3 is 2.50 bits per heavy atom. The Labute approximate surface area is 140 Å². The molecule has 120 valence electrons. The molecule has 2 aromatic carbocycles. The van der Waals surface area contributed by atoms with Crippen molar-refractivity contribution in [3.8, 4) is 22.9 Å². The molecule has 0 aliphatic carbocycles. The Kier molecular flexibility index (Phi) is 3.75. The molecule has 3 aromatic rings. The van der Waals surface area contributed by atoms with Gasteiger partial charge in [0, 0.05) is 29.1 Å². The van der Waals surface area contributed by atoms with Gasteiger partial charge in [-0.05, 0) is 19.1 Å². The number of anilines is 2. The van der Waals surface area contributed by atoms with Gasteiger partial charge in [0.25, 0.3) is 0 Å². The van der Waals surface area contributed by atoms with Crippen molar-refractivity contribution in [3.05, 3.63) is 60.3 Å². The van der Waals surface area contributed by atoms with E-state index in [2.05, 4.69) is 15.3 Å². The van der Waals surface area contributed by atoms with Crippen molar-refractivity contribution < 1.29 is 9.47 Å². The van der Waals surface area contributed by atoms with Crippen LogP contribution in [0.15, 0.2) is 54.6 Å². The quantitative estimate of drug-likeness (QED) is 0.791. The Bertz CT molecular complexity index is 866. The zero-order valence-electron chi connectivity index (χ0n) is 13.3. The lowest BCUT2D eigenvalue weighted by atomic mass is 10.2. The summed E-state index contributed by atoms with van der Waals surface area (Å²) in [6, 6.07) is 17.6. The van der Waals surface area contributed by atoms with Crippen molar-refractivity contribution in [2.75, 3.05) is 18.5 Å². The number of aromatic nitrogens is 2. The van der Waals surface area contributed by atoms with Crippen LogP contribution in [0.4, 0.5) is 11.5 Å². The molecule has 2 heterocycles. The number of hydrogen-bond acceptors (Lipinski definition) is 5. The van der Waals surface area contributed by atoms with Crippen LogP contribution in [-0.4, -0.2) is 23.2 Å². The molecule has 1 aliphatic rings. The van der Waals surface area contributed by atoms with Crippen molar-refractivity contribution in [2.24, 2.45) is 0 Å². The molecule has 5 heteroatoms. The lowest BCUT2D eigenvalue weighted by molar-refractivity contribution is 0.171. The first-order chi connectivity index (χ1) is 11.8. The van der Waals surface area contributed by atoms with E-state index in [1.807, 2.05) is 61.5 Å². The Morgan fingerprint density at radius 2 is 1.67 bits per heavy atom. The summed E-state index contributed by atoms with van der Waals surface area (Å²) in [4.78, 5) is 9.14. The fraction of sp³-hybridized carbons (Fsp3) is 0.158. The summed E-state index contributed by atoms with van der Waals surface area (Å²) in [6.45, 7) is 3.12. The first kappa shape index (κ1) is 14.5. The predicted molar refractivity (Wildman–Crippen MR) is 92.9 cm³/mol. The van der Waals surface area contributed by atoms with Gasteiger partial charge in [-0.25, -0.2) is 9.97 Å². The second kappa shape index (κ2) is 6.20. The van der Waals surface area contributed by atoms with Gasteiger partial charge in [-0.15, -0.1) is 0 Å². The molecular weight excluding hydrogens is 302 g/mol. The third kappa shape index (κ3) is 3.01. The SMILES string of the molecule is Cc1cc(Nc2ccc3c(c2)OCCO3)nc(-c2ccccc2)n1. The van der Waals surface area contributed by atoms with Gasteiger partial charge < -0.3 is 14.8 Å². The summed E-state index contributed by atoms with van der Waals surface area (Å²) in [5.41, 5.74) is 2.80. The van der Waals surface area contributed by atoms with Crippen molar-refractivity contribution in [2.45, 2.75) is 6.92 Å². The van der Waals surface area contributed by atoms with Crippen LogP contribution in [-0.2, 0) is 0 Å². The molecule has 1 N–H and O–H groups in total. The van der Waals surface area contributed by atoms with Crippen LogP contribution >= 0.6 is 0 Å². The smallest absolute Gasteiger partial charge is 0.163 e. The van der Waals surface area contributed by atoms with E-state index in [-0.39, 0.29) is 0 Å². The number of hydrogen-bond donors (Lipinski definition) is 1. The van der Waals surface area contributed by atoms with Crippen molar-refractivity contribution in [1.29, 1.82) is 0 Å². The lowest BCUT2D eigenvalue weighted by Crippen LogP contribution is -2.15. The van der Waals surface area contributed by atoms with E-state index in [0.717, 1.165) is 34.3 Å². The molecule has 0 saturated carbocycles. The average Bonchev–Trinajstić information content (AvgIpc) is 2.62. The van der Waals surface area contributed by atoms with Gasteiger partial charge in [-0.2, -0.15) is 0 Å². The first-order valence-electron chi connectivity index (χ1n) is 7.86. The van der Waals surface area contributed by atoms with Gasteiger partial charge in [-0.3, -0.25) is 0 Å². The number of fused-ring (bicyclic) bond motifs is 1. The Balaban J connectivity index is 1.64. The fourth-order valence-corrected chi connectivity index (χ4v) is 2.62. The monoisotopic (exact) mass is 319 g/mol. The predicted octanol–water partition coefficient (Wildman–Crippen LogP) is 3.97. The largest absolute Gasteiger partial charge is 0.486 e. The normalized spacial score (nSPS) is 12.7. The van der Waals surface area contributed by atoms with Crippen molar-refractivity contribution in [3.63, 3.8) is 0 Å². The van der Waals surface area contributed by atoms with Crippen LogP contribution in [0.5, 0.6) is 11.5 Å². The highest BCUT2D eigenvalue weighted by atomic mass is 16.6. The van der Waals surface area contributed by atoms with E-state index < -0.39 is 0 Å². The fourth-order valence-electron chi connectivity index (χ4n) is 2.62. The zero-order chi connectivity index (χ0) is 16.4. The molecule has 0 spiro atoms. The van der Waals surface area contributed by atoms with Gasteiger partial charge in [0.05, 0.1) is 0 Å². The van der Waals surface area contributed by atoms with Crippen LogP contribution in [0.1, 0.15) is 5.69 Å². The number of ether oxygens (including phenoxy) is 2. The van der Waals surface area contributed by atoms with Gasteiger partial charge in [0.15, 0.2) is 17.3 Å². The highest BCUT2D eigenvalue weighted by Crippen LogP contribution is 2.33. The second-order valence-electron chi connectivity index (χ2n) is 5.57. The van der Waals surface area contributed by atoms with Crippen LogP contribution < -0.4 is 14.8 Å². The minimum atomic E-state index is 0.571. The topological polar surface area (TPSA) is 56.3 Å². The summed E-state index contributed by atoms with van der Waals surface area (Å²) in [5, 5.41) is 3.32. The second-order valence-corrected chi connectivity index (χ2v) is 5.57. The van der Waals surface area contributed by atoms with Gasteiger partial charge in [0.2, 0.25) is 0 Å². The zero-order valence-corrected chi connectivity index (χ0v) is 13.3. The minimum Gasteiger partial charge on any atom is -0.486 e. The molecule has 1 aromatic heterocycles. The van der Waals surface area contributed by atoms with E-state index in [9.17, 15) is 0 Å². The number of aryl methyl sites for hydroxylation is 1. The third-order valence-electron chi connectivity index (χ3n) is 3.70. The molecule has 0 bridgehead atoms. The number of benzene rings is 2. The molecule has 0 fully saturated rings. The minimum absolute atomic E-state index is 0.571. The van der Waals surface area contributed by atoms with E-state index in [0.29, 0.717) is 19.0 Å². The van der Waals surface area contributed by atoms with Crippen LogP contribution in [0.3, 0.4) is 0 Å². The average molecular weight is 319 g/mol. The maximum absolute atomic E-state index is 5.62. The molecular formula is C19H17N3O2. The Hall–Kier alpha value is -3.08. The molecule has 24 heavy (non-hydrogen) atoms. The molecule has 0 saturated heterocycles. The molecule has 4 rings (SSSR count). The van der Waals surface area contributed by atoms with Crippen LogP contribution in [0.25, 0.3) is 11.4 Å². The number of nitrogens with one attached hydrogen (secondary N) is 1. The lowest BCUT2D eigenvalue weighted by Gasteiger charge is -2.19. The standard InChI is InChI=1S/C19H17N3O2/c1-13-11-18(22-19(20-13)14-5-3-2-4-6-14)21-15-7-8-16-17(12-15)24-10-9-23-16/h2-8,11-12H,9-10H2,1H3,(H,20,21,22). The van der Waals surface area contributed by atoms with Gasteiger partial charge in [0.1, 0.15) is 19.0 Å². The summed E-state index contributed by atoms with van der Waals surface area (Å²) in [7, 11) is 0. The maximum Gasteiger partial charge on any atom is 0.163 e. The van der Waals surface area contributed by atoms with E-state index in [4.69, 9.17) is 9.47 Å². The highest BCUT2D eigenvalue weighted by molar-refractivity contribution is 5.64. The van der Waals surface area contributed by atoms with Crippen molar-refractivity contribution >= 4 is 11.5 Å². The first-order valence-corrected chi connectivity index (χ1v) is 7.86. The van der Waals surface area contributed by atoms with E-state index in [1.54, 1.807) is 0 Å². The van der Waals surface area contributed by atoms with Crippen molar-refractivity contribution in [1.82, 2.24) is 9.97 Å². The summed E-state index contributed by atoms with van der Waals surface area (Å²) in [5.74, 6) is 2.98. The summed E-state index contributed by atoms with van der Waals surface area (Å²) < 4.78 is 11.2. The number of rotatable bonds is 3. The number of nitrogens with zero attached hydrogens (tertiary/aromatic N) is 2. The van der Waals surface area contributed by atoms with Crippen LogP contribution in [0.2, 0.25) is 0 Å². The summed E-state index contributed by atoms with van der Waals surface area (Å²) in [6.07, 6.45) is 0. The van der Waals surface area contributed by atoms with Crippen LogP contribution in [0, 0.1) is 6.92 Å². The van der Waals surface area contributed by atoms with Gasteiger partial charge >= 0.3 is 0 Å². The molecule has 0 amide bonds. The summed E-state index contributed by atoms with van der Waals surface area (Å²) >= 11 is 0. The molecule has 0 atom stereocenters. The Morgan fingerprint density at radius 1 is 0.875 bits per heavy atom. The highest BCUT2D eigenvalue weighted by Gasteiger charge is 2.12. The molecule has 1 aliphatic heterocycles. The van der Waals surface area contributed by atoms with E-state index in [1.165, 1.54) is 0 Å². The maximum atomic E-state index is 5.62. The third-order valence-corrected chi connectivity index (χ3v) is 3.70.